The number of phosphoric acid groups is 2. The van der Waals surface area contributed by atoms with E-state index in [1.807, 2.05) is 0 Å². The van der Waals surface area contributed by atoms with Crippen LogP contribution in [-0.4, -0.2) is 31.1 Å². The van der Waals surface area contributed by atoms with Crippen LogP contribution in [0.1, 0.15) is 22.3 Å². The van der Waals surface area contributed by atoms with Crippen molar-refractivity contribution in [2.45, 2.75) is 22.3 Å². The van der Waals surface area contributed by atoms with Crippen molar-refractivity contribution in [3.8, 4) is 0 Å². The Kier molecular flexibility index (Phi) is 27.2. The van der Waals surface area contributed by atoms with Crippen LogP contribution in [0.4, 0.5) is 0 Å². The average molecular weight is 348 g/mol. The first-order valence-corrected chi connectivity index (χ1v) is 6.97. The van der Waals surface area contributed by atoms with Crippen LogP contribution in [0, 0.1) is 0 Å². The monoisotopic (exact) mass is 348 g/mol. The van der Waals surface area contributed by atoms with Crippen molar-refractivity contribution in [3.63, 3.8) is 0 Å². The molecule has 0 heterocycles. The van der Waals surface area contributed by atoms with Gasteiger partial charge in [-0.1, -0.05) is 22.3 Å². The van der Waals surface area contributed by atoms with Crippen LogP contribution in [0.25, 0.3) is 0 Å². The Morgan fingerprint density at radius 2 is 1.26 bits per heavy atom. The summed E-state index contributed by atoms with van der Waals surface area (Å²) in [5.41, 5.74) is 0. The zero-order valence-electron chi connectivity index (χ0n) is 8.50. The number of hydrogen-bond acceptors (Lipinski definition) is 8. The number of rotatable bonds is 6. The molecule has 0 aromatic carbocycles. The van der Waals surface area contributed by atoms with Crippen molar-refractivity contribution in [2.24, 2.45) is 0 Å². The third kappa shape index (κ3) is 23.8. The van der Waals surface area contributed by atoms with E-state index in [0.29, 0.717) is 0 Å². The van der Waals surface area contributed by atoms with E-state index in [9.17, 15) is 13.7 Å². The highest BCUT2D eigenvalue weighted by Crippen LogP contribution is 2.61. The fourth-order valence-electron chi connectivity index (χ4n) is 0.221. The number of hydrogen-bond donors (Lipinski definition) is 2. The quantitative estimate of drug-likeness (QED) is 0.418. The van der Waals surface area contributed by atoms with E-state index in [1.54, 1.807) is 0 Å². The maximum atomic E-state index is 10.5. The van der Waals surface area contributed by atoms with Gasteiger partial charge in [0.05, 0.1) is 14.2 Å². The normalized spacial score (nSPS) is 15.2. The van der Waals surface area contributed by atoms with Crippen molar-refractivity contribution in [1.82, 2.24) is 0 Å². The van der Waals surface area contributed by atoms with Crippen LogP contribution in [0.15, 0.2) is 0 Å². The summed E-state index contributed by atoms with van der Waals surface area (Å²) in [6.07, 6.45) is 0. The molecule has 2 atom stereocenters. The molecule has 0 fully saturated rings. The van der Waals surface area contributed by atoms with E-state index < -0.39 is 24.3 Å². The Labute approximate surface area is 115 Å². The Hall–Kier alpha value is 0.280. The van der Waals surface area contributed by atoms with Crippen molar-refractivity contribution >= 4 is 24.3 Å². The summed E-state index contributed by atoms with van der Waals surface area (Å²) in [6.45, 7) is 0. The largest absolute Gasteiger partial charge is 0.491 e. The van der Waals surface area contributed by atoms with Gasteiger partial charge in [0.25, 0.3) is 0 Å². The van der Waals surface area contributed by atoms with Gasteiger partial charge in [0.1, 0.15) is 0 Å². The van der Waals surface area contributed by atoms with E-state index in [2.05, 4.69) is 22.9 Å². The standard InChI is InChI=1S/C2H6O2.CH5O8P3.3CH4/c1-3-4-2;1-7-11(3,4)9-12(5,6)8-10-2;;;/h1-2H3;1H3,(H,3,4)(H,5,6);3*1H4. The van der Waals surface area contributed by atoms with E-state index in [1.165, 1.54) is 14.2 Å². The molecule has 0 spiro atoms. The smallest absolute Gasteiger partial charge is 0.302 e. The molecule has 0 aliphatic heterocycles. The zero-order chi connectivity index (χ0) is 13.2. The van der Waals surface area contributed by atoms with E-state index in [-0.39, 0.29) is 22.3 Å². The predicted molar refractivity (Wildman–Crippen MR) is 70.6 cm³/mol. The molecule has 122 valence electrons. The van der Waals surface area contributed by atoms with Gasteiger partial charge in [0.15, 0.2) is 0 Å². The average Bonchev–Trinajstić information content (AvgIpc) is 2.16. The highest BCUT2D eigenvalue weighted by molar-refractivity contribution is 7.63. The third-order valence-electron chi connectivity index (χ3n) is 0.740. The maximum Gasteiger partial charge on any atom is 0.491 e. The highest BCUT2D eigenvalue weighted by Gasteiger charge is 2.34. The highest BCUT2D eigenvalue weighted by atomic mass is 31.3. The topological polar surface area (TPSA) is 138 Å². The Morgan fingerprint density at radius 3 is 1.47 bits per heavy atom. The molecule has 0 saturated carbocycles. The first-order chi connectivity index (χ1) is 7.24. The Balaban J connectivity index is -0.0000000827. The fraction of sp³-hybridized carbons (Fsp3) is 1.00. The minimum atomic E-state index is -4.79. The van der Waals surface area contributed by atoms with Gasteiger partial charge in [-0.2, -0.15) is 8.62 Å². The molecule has 10 nitrogen and oxygen atoms in total. The van der Waals surface area contributed by atoms with Gasteiger partial charge in [-0.05, 0) is 0 Å². The summed E-state index contributed by atoms with van der Waals surface area (Å²) in [6, 6.07) is 0. The van der Waals surface area contributed by atoms with Crippen molar-refractivity contribution < 1.29 is 46.4 Å². The molecule has 13 heteroatoms. The van der Waals surface area contributed by atoms with Crippen LogP contribution in [0.3, 0.4) is 0 Å². The molecule has 2 N–H and O–H groups in total. The van der Waals surface area contributed by atoms with E-state index >= 15 is 0 Å². The SMILES string of the molecule is C.C.C.COOC.COP(=O)(O)OP(=O)(O)OP=O. The lowest BCUT2D eigenvalue weighted by Gasteiger charge is -2.10. The summed E-state index contributed by atoms with van der Waals surface area (Å²) in [7, 11) is -6.84. The molecule has 0 aromatic heterocycles. The second kappa shape index (κ2) is 16.3. The maximum absolute atomic E-state index is 10.5. The van der Waals surface area contributed by atoms with Crippen molar-refractivity contribution in [3.05, 3.63) is 0 Å². The van der Waals surface area contributed by atoms with Gasteiger partial charge in [0.2, 0.25) is 0 Å². The van der Waals surface area contributed by atoms with Crippen LogP contribution in [0.2, 0.25) is 0 Å². The molecule has 0 saturated heterocycles. The minimum absolute atomic E-state index is 0. The summed E-state index contributed by atoms with van der Waals surface area (Å²) < 4.78 is 41.5. The molecule has 0 aliphatic carbocycles. The van der Waals surface area contributed by atoms with Gasteiger partial charge in [-0.3, -0.25) is 4.52 Å². The van der Waals surface area contributed by atoms with Crippen molar-refractivity contribution in [1.29, 1.82) is 0 Å². The van der Waals surface area contributed by atoms with E-state index in [4.69, 9.17) is 9.79 Å². The van der Waals surface area contributed by atoms with Crippen LogP contribution in [0.5, 0.6) is 0 Å². The van der Waals surface area contributed by atoms with Gasteiger partial charge in [0, 0.05) is 7.11 Å². The van der Waals surface area contributed by atoms with Crippen molar-refractivity contribution in [2.75, 3.05) is 21.3 Å². The molecular formula is C6H23O10P3. The second-order valence-electron chi connectivity index (χ2n) is 1.69. The van der Waals surface area contributed by atoms with Gasteiger partial charge >= 0.3 is 24.3 Å². The lowest BCUT2D eigenvalue weighted by molar-refractivity contribution is -0.248. The van der Waals surface area contributed by atoms with Crippen LogP contribution in [-0.2, 0) is 36.6 Å². The van der Waals surface area contributed by atoms with Gasteiger partial charge < -0.3 is 9.79 Å². The molecule has 0 rings (SSSR count). The summed E-state index contributed by atoms with van der Waals surface area (Å²) in [5, 5.41) is 0. The number of phosphoric ester groups is 1. The molecule has 0 aromatic rings. The first kappa shape index (κ1) is 31.6. The minimum Gasteiger partial charge on any atom is -0.302 e. The molecular weight excluding hydrogens is 325 g/mol. The summed E-state index contributed by atoms with van der Waals surface area (Å²) in [5.74, 6) is 0. The van der Waals surface area contributed by atoms with Crippen LogP contribution < -0.4 is 0 Å². The second-order valence-corrected chi connectivity index (χ2v) is 5.39. The summed E-state index contributed by atoms with van der Waals surface area (Å²) >= 11 is 0. The Morgan fingerprint density at radius 1 is 0.895 bits per heavy atom. The van der Waals surface area contributed by atoms with E-state index in [0.717, 1.165) is 7.11 Å². The lowest BCUT2D eigenvalue weighted by Crippen LogP contribution is -1.89. The first-order valence-electron chi connectivity index (χ1n) is 3.25. The molecule has 2 unspecified atom stereocenters. The molecule has 0 bridgehead atoms. The van der Waals surface area contributed by atoms with Crippen LogP contribution >= 0.6 is 24.3 Å². The van der Waals surface area contributed by atoms with Gasteiger partial charge in [-0.25, -0.2) is 23.5 Å². The third-order valence-corrected chi connectivity index (χ3v) is 3.94. The Bertz CT molecular complexity index is 280. The van der Waals surface area contributed by atoms with Gasteiger partial charge in [-0.15, -0.1) is 0 Å². The molecule has 19 heavy (non-hydrogen) atoms. The molecule has 0 radical (unpaired) electrons. The lowest BCUT2D eigenvalue weighted by atomic mass is 11.7. The predicted octanol–water partition coefficient (Wildman–Crippen LogP) is 3.18. The zero-order valence-corrected chi connectivity index (χ0v) is 11.2. The molecule has 0 aliphatic rings. The summed E-state index contributed by atoms with van der Waals surface area (Å²) in [4.78, 5) is 25.0. The fourth-order valence-corrected chi connectivity index (χ4v) is 2.26. The molecule has 0 amide bonds.